The standard InChI is InChI=1S/C56H32N6/c1-2-16-33(17-3-1)51-56(60-55-41-25-11-7-21-37(41)36-20-6-10-24-40(36)54(55)59-51)62-45-29-15-13-27-43(45)50-47(62)31-30-46-49(50)42-26-12-14-28-44(42)61(46)48-32-57-52-38-22-8-4-18-34(38)35-19-5-9-23-39(35)53(52)58-48/h1-32H/i30D,31D. The van der Waals surface area contributed by atoms with Gasteiger partial charge in [-0.05, 0) is 45.8 Å². The minimum atomic E-state index is 0.0808. The first-order valence-corrected chi connectivity index (χ1v) is 20.8. The topological polar surface area (TPSA) is 61.4 Å². The van der Waals surface area contributed by atoms with Crippen molar-refractivity contribution in [3.63, 3.8) is 0 Å². The van der Waals surface area contributed by atoms with Crippen LogP contribution < -0.4 is 0 Å². The van der Waals surface area contributed by atoms with E-state index in [1.54, 1.807) is 0 Å². The van der Waals surface area contributed by atoms with Gasteiger partial charge in [0, 0.05) is 48.7 Å². The first-order valence-electron chi connectivity index (χ1n) is 21.8. The highest BCUT2D eigenvalue weighted by atomic mass is 15.1. The number of benzene rings is 10. The summed E-state index contributed by atoms with van der Waals surface area (Å²) in [4.78, 5) is 21.7. The van der Waals surface area contributed by atoms with Crippen LogP contribution in [0.2, 0.25) is 0 Å². The van der Waals surface area contributed by atoms with Crippen LogP contribution in [0.1, 0.15) is 2.74 Å². The van der Waals surface area contributed by atoms with Crippen molar-refractivity contribution in [3.8, 4) is 22.9 Å². The summed E-state index contributed by atoms with van der Waals surface area (Å²) in [7, 11) is 0. The summed E-state index contributed by atoms with van der Waals surface area (Å²) in [5.41, 5.74) is 7.74. The lowest BCUT2D eigenvalue weighted by Crippen LogP contribution is -2.04. The van der Waals surface area contributed by atoms with Crippen LogP contribution in [0, 0.1) is 0 Å². The van der Waals surface area contributed by atoms with Crippen molar-refractivity contribution in [1.82, 2.24) is 29.1 Å². The molecule has 0 bridgehead atoms. The fourth-order valence-corrected chi connectivity index (χ4v) is 10.1. The fraction of sp³-hybridized carbons (Fsp3) is 0. The summed E-state index contributed by atoms with van der Waals surface area (Å²) >= 11 is 0. The molecule has 0 aliphatic heterocycles. The highest BCUT2D eigenvalue weighted by Gasteiger charge is 2.25. The first-order chi connectivity index (χ1) is 31.6. The SMILES string of the molecule is [2H]c1c([2H])c2c(c3ccccc3n2-c2nc3c4ccccc4c4ccccc4c3nc2-c2ccccc2)c2c3ccccc3n(-c3cnc4c5ccccc5c5ccccc5c4n3)c12. The summed E-state index contributed by atoms with van der Waals surface area (Å²) in [6, 6.07) is 60.4. The van der Waals surface area contributed by atoms with Crippen LogP contribution in [0.4, 0.5) is 0 Å². The molecule has 62 heavy (non-hydrogen) atoms. The largest absolute Gasteiger partial charge is 0.292 e. The molecule has 0 atom stereocenters. The molecule has 4 heterocycles. The molecule has 4 aromatic heterocycles. The Labute approximate surface area is 356 Å². The predicted octanol–water partition coefficient (Wildman–Crippen LogP) is 14.0. The molecule has 6 heteroatoms. The third kappa shape index (κ3) is 4.47. The maximum Gasteiger partial charge on any atom is 0.165 e. The van der Waals surface area contributed by atoms with Crippen molar-refractivity contribution < 1.29 is 2.74 Å². The molecule has 0 N–H and O–H groups in total. The summed E-state index contributed by atoms with van der Waals surface area (Å²) < 4.78 is 24.3. The van der Waals surface area contributed by atoms with Crippen LogP contribution in [-0.2, 0) is 0 Å². The molecule has 14 rings (SSSR count). The average Bonchev–Trinajstić information content (AvgIpc) is 3.89. The Hall–Kier alpha value is -8.48. The van der Waals surface area contributed by atoms with Crippen LogP contribution in [-0.4, -0.2) is 29.1 Å². The molecule has 0 unspecified atom stereocenters. The van der Waals surface area contributed by atoms with Crippen molar-refractivity contribution in [1.29, 1.82) is 0 Å². The Morgan fingerprint density at radius 3 is 1.29 bits per heavy atom. The minimum absolute atomic E-state index is 0.0808. The number of fused-ring (bicyclic) bond motifs is 19. The summed E-state index contributed by atoms with van der Waals surface area (Å²) in [5, 5.41) is 12.2. The maximum absolute atomic E-state index is 10.1. The van der Waals surface area contributed by atoms with Crippen molar-refractivity contribution >= 4 is 109 Å². The van der Waals surface area contributed by atoms with Gasteiger partial charge in [-0.15, -0.1) is 0 Å². The second-order valence-electron chi connectivity index (χ2n) is 16.0. The van der Waals surface area contributed by atoms with E-state index in [0.717, 1.165) is 103 Å². The van der Waals surface area contributed by atoms with Crippen LogP contribution in [0.15, 0.2) is 194 Å². The van der Waals surface area contributed by atoms with Crippen molar-refractivity contribution in [2.75, 3.05) is 0 Å². The van der Waals surface area contributed by atoms with Crippen molar-refractivity contribution in [3.05, 3.63) is 194 Å². The van der Waals surface area contributed by atoms with E-state index in [1.807, 2.05) is 65.4 Å². The third-order valence-corrected chi connectivity index (χ3v) is 12.7. The van der Waals surface area contributed by atoms with Gasteiger partial charge in [0.15, 0.2) is 11.6 Å². The number of aromatic nitrogens is 6. The molecule has 0 amide bonds. The summed E-state index contributed by atoms with van der Waals surface area (Å²) in [6.45, 7) is 0. The molecule has 0 aliphatic rings. The Balaban J connectivity index is 1.14. The molecule has 0 aliphatic carbocycles. The van der Waals surface area contributed by atoms with E-state index >= 15 is 0 Å². The molecular weight excluding hydrogens is 757 g/mol. The Morgan fingerprint density at radius 1 is 0.339 bits per heavy atom. The van der Waals surface area contributed by atoms with E-state index in [0.29, 0.717) is 28.4 Å². The lowest BCUT2D eigenvalue weighted by atomic mass is 9.99. The van der Waals surface area contributed by atoms with Gasteiger partial charge in [0.2, 0.25) is 0 Å². The first kappa shape index (κ1) is 31.4. The number of hydrogen-bond donors (Lipinski definition) is 0. The number of hydrogen-bond acceptors (Lipinski definition) is 4. The van der Waals surface area contributed by atoms with Crippen LogP contribution >= 0.6 is 0 Å². The van der Waals surface area contributed by atoms with Gasteiger partial charge >= 0.3 is 0 Å². The summed E-state index contributed by atoms with van der Waals surface area (Å²) in [5.74, 6) is 1.18. The van der Waals surface area contributed by atoms with E-state index in [2.05, 4.69) is 126 Å². The van der Waals surface area contributed by atoms with Crippen LogP contribution in [0.3, 0.4) is 0 Å². The van der Waals surface area contributed by atoms with Gasteiger partial charge in [-0.1, -0.05) is 164 Å². The lowest BCUT2D eigenvalue weighted by Gasteiger charge is -2.16. The second-order valence-corrected chi connectivity index (χ2v) is 16.0. The van der Waals surface area contributed by atoms with Gasteiger partial charge in [-0.25, -0.2) is 15.0 Å². The lowest BCUT2D eigenvalue weighted by molar-refractivity contribution is 1.07. The van der Waals surface area contributed by atoms with E-state index in [9.17, 15) is 2.74 Å². The molecular formula is C56H32N6. The van der Waals surface area contributed by atoms with Gasteiger partial charge in [0.1, 0.15) is 5.69 Å². The third-order valence-electron chi connectivity index (χ3n) is 12.7. The normalized spacial score (nSPS) is 12.6. The van der Waals surface area contributed by atoms with Crippen molar-refractivity contribution in [2.45, 2.75) is 0 Å². The van der Waals surface area contributed by atoms with Gasteiger partial charge in [-0.2, -0.15) is 0 Å². The number of rotatable bonds is 3. The zero-order valence-corrected chi connectivity index (χ0v) is 33.0. The van der Waals surface area contributed by atoms with E-state index < -0.39 is 0 Å². The fourth-order valence-electron chi connectivity index (χ4n) is 10.1. The molecule has 0 spiro atoms. The number of para-hydroxylation sites is 2. The zero-order valence-electron chi connectivity index (χ0n) is 35.0. The highest BCUT2D eigenvalue weighted by Crippen LogP contribution is 2.44. The Kier molecular flexibility index (Phi) is 6.35. The minimum Gasteiger partial charge on any atom is -0.292 e. The Morgan fingerprint density at radius 2 is 0.742 bits per heavy atom. The smallest absolute Gasteiger partial charge is 0.165 e. The van der Waals surface area contributed by atoms with Crippen LogP contribution in [0.5, 0.6) is 0 Å². The zero-order chi connectivity index (χ0) is 42.2. The molecule has 6 nitrogen and oxygen atoms in total. The van der Waals surface area contributed by atoms with Gasteiger partial charge in [0.25, 0.3) is 0 Å². The molecule has 286 valence electrons. The maximum atomic E-state index is 10.1. The van der Waals surface area contributed by atoms with Crippen molar-refractivity contribution in [2.24, 2.45) is 0 Å². The van der Waals surface area contributed by atoms with Gasteiger partial charge < -0.3 is 0 Å². The average molecular weight is 791 g/mol. The van der Waals surface area contributed by atoms with E-state index in [4.69, 9.17) is 19.9 Å². The molecule has 0 fully saturated rings. The Bertz CT molecular complexity index is 4310. The quantitative estimate of drug-likeness (QED) is 0.167. The number of nitrogens with zero attached hydrogens (tertiary/aromatic N) is 6. The van der Waals surface area contributed by atoms with Crippen LogP contribution in [0.25, 0.3) is 132 Å². The monoisotopic (exact) mass is 790 g/mol. The van der Waals surface area contributed by atoms with Gasteiger partial charge in [0.05, 0.1) is 53.1 Å². The van der Waals surface area contributed by atoms with Gasteiger partial charge in [-0.3, -0.25) is 14.1 Å². The molecule has 0 radical (unpaired) electrons. The molecule has 0 saturated carbocycles. The summed E-state index contributed by atoms with van der Waals surface area (Å²) in [6.07, 6.45) is 1.82. The molecule has 0 saturated heterocycles. The predicted molar refractivity (Wildman–Crippen MR) is 257 cm³/mol. The van der Waals surface area contributed by atoms with E-state index in [1.165, 1.54) is 0 Å². The van der Waals surface area contributed by atoms with E-state index in [-0.39, 0.29) is 12.1 Å². The highest BCUT2D eigenvalue weighted by molar-refractivity contribution is 6.30. The molecule has 10 aromatic carbocycles. The molecule has 14 aromatic rings. The second kappa shape index (κ2) is 12.5.